The van der Waals surface area contributed by atoms with Crippen LogP contribution in [0.25, 0.3) is 11.3 Å². The number of hydrazine groups is 1. The van der Waals surface area contributed by atoms with E-state index in [9.17, 15) is 18.8 Å². The summed E-state index contributed by atoms with van der Waals surface area (Å²) >= 11 is 11.8. The van der Waals surface area contributed by atoms with E-state index < -0.39 is 29.3 Å². The summed E-state index contributed by atoms with van der Waals surface area (Å²) in [6.07, 6.45) is 4.45. The number of carbonyl (C=O) groups excluding carboxylic acids is 2. The van der Waals surface area contributed by atoms with Gasteiger partial charge in [-0.1, -0.05) is 23.2 Å². The SMILES string of the molecule is N/C(Cl)=C\N(N)c1ccc(Cl)c(F)c1-c1cc(=O)n(C2CCCCNC(=O)C3CCC(=O)N3c3cc(F)cc2c3)cn1. The van der Waals surface area contributed by atoms with E-state index in [-0.39, 0.29) is 51.0 Å². The van der Waals surface area contributed by atoms with Crippen LogP contribution in [0.4, 0.5) is 20.2 Å². The van der Waals surface area contributed by atoms with Crippen LogP contribution in [0.1, 0.15) is 43.7 Å². The molecule has 0 radical (unpaired) electrons. The molecule has 2 atom stereocenters. The van der Waals surface area contributed by atoms with Crippen LogP contribution < -0.4 is 32.4 Å². The van der Waals surface area contributed by atoms with Crippen LogP contribution in [0, 0.1) is 11.6 Å². The second-order valence-corrected chi connectivity index (χ2v) is 10.9. The van der Waals surface area contributed by atoms with E-state index in [0.717, 1.165) is 17.3 Å². The maximum absolute atomic E-state index is 15.3. The first kappa shape index (κ1) is 29.5. The van der Waals surface area contributed by atoms with Gasteiger partial charge in [0.15, 0.2) is 5.82 Å². The molecule has 0 spiro atoms. The molecule has 2 aromatic carbocycles. The molecular formula is C28H27Cl2F2N7O3. The van der Waals surface area contributed by atoms with Crippen LogP contribution in [-0.2, 0) is 9.59 Å². The summed E-state index contributed by atoms with van der Waals surface area (Å²) < 4.78 is 31.6. The first-order chi connectivity index (χ1) is 20.0. The molecule has 1 aromatic heterocycles. The number of halogens is 4. The Kier molecular flexibility index (Phi) is 8.48. The predicted molar refractivity (Wildman–Crippen MR) is 156 cm³/mol. The lowest BCUT2D eigenvalue weighted by Crippen LogP contribution is -2.45. The van der Waals surface area contributed by atoms with Gasteiger partial charge in [0.25, 0.3) is 5.56 Å². The number of hydrogen-bond acceptors (Lipinski definition) is 7. The average molecular weight is 618 g/mol. The maximum Gasteiger partial charge on any atom is 0.254 e. The molecule has 14 heteroatoms. The molecule has 0 saturated carbocycles. The summed E-state index contributed by atoms with van der Waals surface area (Å²) in [5, 5.41) is 3.45. The molecule has 2 unspecified atom stereocenters. The minimum atomic E-state index is -0.858. The maximum atomic E-state index is 15.3. The van der Waals surface area contributed by atoms with Crippen LogP contribution in [0.15, 0.2) is 58.9 Å². The number of nitrogens with one attached hydrogen (secondary N) is 1. The standard InChI is InChI=1S/C28H27Cl2F2N7O3/c29-18-4-5-21(38(34)13-23(30)33)26(27(18)32)19-12-25(41)37(14-36-19)20-3-1-2-8-35-28(42)22-6-7-24(40)39(22)17-10-15(20)9-16(31)11-17/h4-5,9-14,20,22H,1-3,6-8,33-34H2,(H,35,42)/b23-13-. The number of rotatable bonds is 4. The van der Waals surface area contributed by atoms with Gasteiger partial charge in [-0.15, -0.1) is 0 Å². The third kappa shape index (κ3) is 5.83. The van der Waals surface area contributed by atoms with Gasteiger partial charge >= 0.3 is 0 Å². The number of nitrogens with zero attached hydrogens (tertiary/aromatic N) is 4. The molecule has 2 aliphatic heterocycles. The zero-order valence-electron chi connectivity index (χ0n) is 22.2. The number of fused-ring (bicyclic) bond motifs is 4. The Morgan fingerprint density at radius 1 is 1.10 bits per heavy atom. The van der Waals surface area contributed by atoms with Gasteiger partial charge in [0, 0.05) is 24.7 Å². The highest BCUT2D eigenvalue weighted by atomic mass is 35.5. The van der Waals surface area contributed by atoms with Gasteiger partial charge in [0.1, 0.15) is 17.0 Å². The van der Waals surface area contributed by atoms with Gasteiger partial charge < -0.3 is 11.1 Å². The van der Waals surface area contributed by atoms with Crippen molar-refractivity contribution in [1.82, 2.24) is 14.9 Å². The smallest absolute Gasteiger partial charge is 0.254 e. The molecule has 2 aliphatic rings. The molecular weight excluding hydrogens is 591 g/mol. The van der Waals surface area contributed by atoms with Crippen molar-refractivity contribution in [2.45, 2.75) is 44.2 Å². The number of hydrogen-bond donors (Lipinski definition) is 3. The highest BCUT2D eigenvalue weighted by molar-refractivity contribution is 6.31. The molecule has 1 saturated heterocycles. The molecule has 2 amide bonds. The Labute approximate surface area is 249 Å². The average Bonchev–Trinajstić information content (AvgIpc) is 3.32. The van der Waals surface area contributed by atoms with Crippen LogP contribution in [0.3, 0.4) is 0 Å². The van der Waals surface area contributed by atoms with E-state index in [2.05, 4.69) is 10.3 Å². The minimum Gasteiger partial charge on any atom is -0.388 e. The Morgan fingerprint density at radius 2 is 1.88 bits per heavy atom. The molecule has 10 nitrogen and oxygen atoms in total. The van der Waals surface area contributed by atoms with Crippen LogP contribution in [-0.4, -0.2) is 34.0 Å². The van der Waals surface area contributed by atoms with E-state index in [1.807, 2.05) is 0 Å². The van der Waals surface area contributed by atoms with Crippen molar-refractivity contribution in [2.24, 2.45) is 11.6 Å². The van der Waals surface area contributed by atoms with E-state index >= 15 is 4.39 Å². The Bertz CT molecular complexity index is 1640. The number of aromatic nitrogens is 2. The van der Waals surface area contributed by atoms with Gasteiger partial charge in [-0.25, -0.2) is 19.6 Å². The molecule has 3 aromatic rings. The number of anilines is 2. The van der Waals surface area contributed by atoms with Gasteiger partial charge in [-0.05, 0) is 61.6 Å². The van der Waals surface area contributed by atoms with Crippen molar-refractivity contribution < 1.29 is 18.4 Å². The van der Waals surface area contributed by atoms with E-state index in [0.29, 0.717) is 37.8 Å². The monoisotopic (exact) mass is 617 g/mol. The molecule has 42 heavy (non-hydrogen) atoms. The highest BCUT2D eigenvalue weighted by Crippen LogP contribution is 2.36. The molecule has 5 rings (SSSR count). The van der Waals surface area contributed by atoms with Crippen molar-refractivity contribution in [3.63, 3.8) is 0 Å². The van der Waals surface area contributed by atoms with Crippen molar-refractivity contribution in [3.8, 4) is 11.3 Å². The molecule has 5 N–H and O–H groups in total. The van der Waals surface area contributed by atoms with Gasteiger partial charge in [-0.3, -0.25) is 28.9 Å². The molecule has 0 aliphatic carbocycles. The van der Waals surface area contributed by atoms with Crippen molar-refractivity contribution in [3.05, 3.63) is 86.7 Å². The van der Waals surface area contributed by atoms with E-state index in [1.165, 1.54) is 40.1 Å². The van der Waals surface area contributed by atoms with Crippen LogP contribution in [0.5, 0.6) is 0 Å². The lowest BCUT2D eigenvalue weighted by atomic mass is 9.98. The number of amides is 2. The zero-order chi connectivity index (χ0) is 30.1. The molecule has 3 heterocycles. The Morgan fingerprint density at radius 3 is 2.62 bits per heavy atom. The Balaban J connectivity index is 1.60. The van der Waals surface area contributed by atoms with Crippen molar-refractivity contribution >= 4 is 46.4 Å². The second-order valence-electron chi connectivity index (χ2n) is 10.1. The number of nitrogens with two attached hydrogens (primary N) is 2. The predicted octanol–water partition coefficient (Wildman–Crippen LogP) is 3.90. The molecule has 220 valence electrons. The highest BCUT2D eigenvalue weighted by Gasteiger charge is 2.37. The zero-order valence-corrected chi connectivity index (χ0v) is 23.7. The first-order valence-electron chi connectivity index (χ1n) is 13.2. The number of benzene rings is 2. The summed E-state index contributed by atoms with van der Waals surface area (Å²) in [7, 11) is 0. The largest absolute Gasteiger partial charge is 0.388 e. The minimum absolute atomic E-state index is 0.0513. The first-order valence-corrected chi connectivity index (χ1v) is 13.9. The summed E-state index contributed by atoms with van der Waals surface area (Å²) in [6.45, 7) is 0.381. The summed E-state index contributed by atoms with van der Waals surface area (Å²) in [5.41, 5.74) is 5.51. The third-order valence-electron chi connectivity index (χ3n) is 7.33. The van der Waals surface area contributed by atoms with Gasteiger partial charge in [-0.2, -0.15) is 0 Å². The topological polar surface area (TPSA) is 140 Å². The van der Waals surface area contributed by atoms with E-state index in [4.69, 9.17) is 34.8 Å². The van der Waals surface area contributed by atoms with Gasteiger partial charge in [0.2, 0.25) is 11.8 Å². The Hall–Kier alpha value is -4.00. The molecule has 2 bridgehead atoms. The van der Waals surface area contributed by atoms with Gasteiger partial charge in [0.05, 0.1) is 40.5 Å². The molecule has 1 fully saturated rings. The fourth-order valence-electron chi connectivity index (χ4n) is 5.42. The fraction of sp³-hybridized carbons (Fsp3) is 0.286. The third-order valence-corrected chi connectivity index (χ3v) is 7.72. The fourth-order valence-corrected chi connectivity index (χ4v) is 5.69. The summed E-state index contributed by atoms with van der Waals surface area (Å²) in [4.78, 5) is 44.7. The van der Waals surface area contributed by atoms with E-state index in [1.54, 1.807) is 6.07 Å². The quantitative estimate of drug-likeness (QED) is 0.229. The normalized spacial score (nSPS) is 19.5. The summed E-state index contributed by atoms with van der Waals surface area (Å²) in [6, 6.07) is 6.54. The number of carbonyl (C=O) groups is 2. The van der Waals surface area contributed by atoms with Crippen molar-refractivity contribution in [1.29, 1.82) is 0 Å². The van der Waals surface area contributed by atoms with Crippen molar-refractivity contribution in [2.75, 3.05) is 16.5 Å². The second kappa shape index (κ2) is 12.1. The van der Waals surface area contributed by atoms with Crippen LogP contribution in [0.2, 0.25) is 5.02 Å². The lowest BCUT2D eigenvalue weighted by molar-refractivity contribution is -0.123. The summed E-state index contributed by atoms with van der Waals surface area (Å²) in [5.74, 6) is 3.95. The van der Waals surface area contributed by atoms with Crippen LogP contribution >= 0.6 is 23.2 Å². The lowest BCUT2D eigenvalue weighted by Gasteiger charge is -2.27.